The quantitative estimate of drug-likeness (QED) is 0.629. The fourth-order valence-electron chi connectivity index (χ4n) is 3.14. The lowest BCUT2D eigenvalue weighted by atomic mass is 10.0. The van der Waals surface area contributed by atoms with E-state index in [0.29, 0.717) is 51.9 Å². The van der Waals surface area contributed by atoms with Gasteiger partial charge in [-0.2, -0.15) is 14.5 Å². The molecule has 148 valence electrons. The van der Waals surface area contributed by atoms with Gasteiger partial charge >= 0.3 is 0 Å². The molecule has 0 spiro atoms. The molecule has 8 heteroatoms. The van der Waals surface area contributed by atoms with Crippen LogP contribution in [0.15, 0.2) is 46.0 Å². The molecule has 1 aromatic rings. The van der Waals surface area contributed by atoms with Crippen molar-refractivity contribution in [3.05, 3.63) is 41.3 Å². The Morgan fingerprint density at radius 1 is 1.14 bits per heavy atom. The number of rotatable bonds is 8. The van der Waals surface area contributed by atoms with Gasteiger partial charge in [0.2, 0.25) is 15.9 Å². The van der Waals surface area contributed by atoms with Crippen molar-refractivity contribution in [1.29, 1.82) is 0 Å². The number of terminal acetylenes is 1. The Hall–Kier alpha value is -2.50. The number of carbonyl (C=O) groups is 1. The minimum absolute atomic E-state index is 0.00857. The average molecular weight is 401 g/mol. The fraction of sp³-hybridized carbons (Fsp3) is 0.450. The molecule has 0 atom stereocenters. The van der Waals surface area contributed by atoms with Crippen LogP contribution in [0.2, 0.25) is 0 Å². The van der Waals surface area contributed by atoms with E-state index >= 15 is 0 Å². The molecular weight excluding hydrogens is 376 g/mol. The van der Waals surface area contributed by atoms with Crippen molar-refractivity contribution in [3.63, 3.8) is 0 Å². The minimum Gasteiger partial charge on any atom is -0.340 e. The summed E-state index contributed by atoms with van der Waals surface area (Å²) in [6, 6.07) is 9.28. The van der Waals surface area contributed by atoms with Crippen molar-refractivity contribution in [2.45, 2.75) is 31.3 Å². The van der Waals surface area contributed by atoms with E-state index in [0.717, 1.165) is 5.56 Å². The normalized spacial score (nSPS) is 18.9. The van der Waals surface area contributed by atoms with Gasteiger partial charge < -0.3 is 4.90 Å². The molecule has 0 aromatic heterocycles. The predicted octanol–water partition coefficient (Wildman–Crippen LogP) is 2.49. The van der Waals surface area contributed by atoms with Crippen LogP contribution in [0.4, 0.5) is 0 Å². The highest BCUT2D eigenvalue weighted by atomic mass is 32.2. The first-order chi connectivity index (χ1) is 13.4. The molecule has 7 nitrogen and oxygen atoms in total. The lowest BCUT2D eigenvalue weighted by Gasteiger charge is -2.33. The molecule has 1 saturated heterocycles. The smallest absolute Gasteiger partial charge is 0.236 e. The number of carbonyl (C=O) groups excluding carboxylic acids is 1. The maximum absolute atomic E-state index is 12.5. The Morgan fingerprint density at radius 3 is 2.43 bits per heavy atom. The molecule has 0 unspecified atom stereocenters. The summed E-state index contributed by atoms with van der Waals surface area (Å²) in [5, 5.41) is 9.31. The van der Waals surface area contributed by atoms with E-state index in [1.165, 1.54) is 9.71 Å². The number of benzene rings is 1. The maximum atomic E-state index is 12.5. The maximum Gasteiger partial charge on any atom is 0.236 e. The van der Waals surface area contributed by atoms with Gasteiger partial charge in [-0.05, 0) is 11.6 Å². The Morgan fingerprint density at radius 2 is 1.82 bits per heavy atom. The highest BCUT2D eigenvalue weighted by Gasteiger charge is 2.40. The zero-order chi connectivity index (χ0) is 20.0. The minimum atomic E-state index is -3.50. The zero-order valence-electron chi connectivity index (χ0n) is 15.7. The molecule has 0 saturated carbocycles. The summed E-state index contributed by atoms with van der Waals surface area (Å²) in [5.74, 6) is 2.58. The lowest BCUT2D eigenvalue weighted by Crippen LogP contribution is -2.50. The molecule has 2 aliphatic rings. The number of nitrogens with zero attached hydrogens (tertiary/aromatic N) is 4. The summed E-state index contributed by atoms with van der Waals surface area (Å²) in [6.07, 6.45) is 9.04. The topological polar surface area (TPSA) is 82.4 Å². The monoisotopic (exact) mass is 400 g/mol. The van der Waals surface area contributed by atoms with Gasteiger partial charge in [-0.3, -0.25) is 4.79 Å². The standard InChI is InChI=1S/C20H24N4O3S/c1-2-3-11-20(21-22-20)12-9-19(25)23-13-15-24(16-14-23)28(26,27)17-10-18-7-5-4-6-8-18/h1,4-8,10,17H,3,9,11-16H2/b17-10+. The third kappa shape index (κ3) is 5.27. The van der Waals surface area contributed by atoms with Crippen LogP contribution >= 0.6 is 0 Å². The molecule has 0 radical (unpaired) electrons. The molecule has 0 bridgehead atoms. The molecule has 0 N–H and O–H groups in total. The van der Waals surface area contributed by atoms with Crippen LogP contribution in [0.5, 0.6) is 0 Å². The Kier molecular flexibility index (Phi) is 6.27. The van der Waals surface area contributed by atoms with E-state index in [1.54, 1.807) is 11.0 Å². The summed E-state index contributed by atoms with van der Waals surface area (Å²) in [5.41, 5.74) is 0.365. The third-order valence-corrected chi connectivity index (χ3v) is 6.54. The largest absolute Gasteiger partial charge is 0.340 e. The van der Waals surface area contributed by atoms with Crippen LogP contribution in [-0.4, -0.2) is 55.4 Å². The van der Waals surface area contributed by atoms with E-state index in [2.05, 4.69) is 16.1 Å². The highest BCUT2D eigenvalue weighted by molar-refractivity contribution is 7.92. The van der Waals surface area contributed by atoms with Gasteiger partial charge in [-0.1, -0.05) is 30.3 Å². The zero-order valence-corrected chi connectivity index (χ0v) is 16.5. The number of hydrogen-bond donors (Lipinski definition) is 0. The second-order valence-electron chi connectivity index (χ2n) is 6.92. The Balaban J connectivity index is 1.46. The summed E-state index contributed by atoms with van der Waals surface area (Å²) in [6.45, 7) is 1.38. The SMILES string of the molecule is C#CCCC1(CCC(=O)N2CCN(S(=O)(=O)/C=C/c3ccccc3)CC2)N=N1. The van der Waals surface area contributed by atoms with Gasteiger partial charge in [-0.15, -0.1) is 12.3 Å². The summed E-state index contributed by atoms with van der Waals surface area (Å²) < 4.78 is 26.4. The van der Waals surface area contributed by atoms with E-state index in [4.69, 9.17) is 6.42 Å². The molecule has 0 aliphatic carbocycles. The first-order valence-corrected chi connectivity index (χ1v) is 10.8. The van der Waals surface area contributed by atoms with Crippen molar-refractivity contribution in [2.24, 2.45) is 10.2 Å². The van der Waals surface area contributed by atoms with Gasteiger partial charge in [-0.25, -0.2) is 8.42 Å². The second kappa shape index (κ2) is 8.67. The van der Waals surface area contributed by atoms with Gasteiger partial charge in [0.25, 0.3) is 0 Å². The van der Waals surface area contributed by atoms with Gasteiger partial charge in [0, 0.05) is 57.3 Å². The summed E-state index contributed by atoms with van der Waals surface area (Å²) in [4.78, 5) is 14.1. The van der Waals surface area contributed by atoms with E-state index in [1.807, 2.05) is 30.3 Å². The summed E-state index contributed by atoms with van der Waals surface area (Å²) >= 11 is 0. The van der Waals surface area contributed by atoms with Gasteiger partial charge in [0.05, 0.1) is 0 Å². The first-order valence-electron chi connectivity index (χ1n) is 9.33. The van der Waals surface area contributed by atoms with Crippen molar-refractivity contribution < 1.29 is 13.2 Å². The van der Waals surface area contributed by atoms with Crippen LogP contribution in [-0.2, 0) is 14.8 Å². The molecule has 1 amide bonds. The van der Waals surface area contributed by atoms with E-state index in [-0.39, 0.29) is 5.91 Å². The molecular formula is C20H24N4O3S. The molecule has 2 aliphatic heterocycles. The highest BCUT2D eigenvalue weighted by Crippen LogP contribution is 2.37. The lowest BCUT2D eigenvalue weighted by molar-refractivity contribution is -0.132. The Labute approximate surface area is 166 Å². The molecule has 1 aromatic carbocycles. The molecule has 2 heterocycles. The predicted molar refractivity (Wildman–Crippen MR) is 107 cm³/mol. The van der Waals surface area contributed by atoms with E-state index < -0.39 is 15.7 Å². The Bertz CT molecular complexity index is 889. The van der Waals surface area contributed by atoms with Gasteiger partial charge in [0.1, 0.15) is 0 Å². The average Bonchev–Trinajstić information content (AvgIpc) is 3.50. The molecule has 1 fully saturated rings. The van der Waals surface area contributed by atoms with Crippen molar-refractivity contribution in [2.75, 3.05) is 26.2 Å². The van der Waals surface area contributed by atoms with Crippen LogP contribution in [0.1, 0.15) is 31.2 Å². The van der Waals surface area contributed by atoms with Crippen LogP contribution in [0.25, 0.3) is 6.08 Å². The van der Waals surface area contributed by atoms with Crippen LogP contribution < -0.4 is 0 Å². The first kappa shape index (κ1) is 20.2. The van der Waals surface area contributed by atoms with Crippen molar-refractivity contribution in [1.82, 2.24) is 9.21 Å². The number of piperazine rings is 1. The number of hydrogen-bond acceptors (Lipinski definition) is 5. The van der Waals surface area contributed by atoms with Crippen LogP contribution in [0.3, 0.4) is 0 Å². The fourth-order valence-corrected chi connectivity index (χ4v) is 4.31. The van der Waals surface area contributed by atoms with Crippen molar-refractivity contribution in [3.8, 4) is 12.3 Å². The number of sulfonamides is 1. The molecule has 28 heavy (non-hydrogen) atoms. The second-order valence-corrected chi connectivity index (χ2v) is 8.74. The van der Waals surface area contributed by atoms with Crippen molar-refractivity contribution >= 4 is 22.0 Å². The van der Waals surface area contributed by atoms with Gasteiger partial charge in [0.15, 0.2) is 5.66 Å². The molecule has 3 rings (SSSR count). The summed E-state index contributed by atoms with van der Waals surface area (Å²) in [7, 11) is -3.50. The third-order valence-electron chi connectivity index (χ3n) is 4.98. The van der Waals surface area contributed by atoms with E-state index in [9.17, 15) is 13.2 Å². The number of amides is 1. The van der Waals surface area contributed by atoms with Crippen LogP contribution in [0, 0.1) is 12.3 Å².